The lowest BCUT2D eigenvalue weighted by Crippen LogP contribution is -2.07. The molecule has 0 N–H and O–H groups in total. The first kappa shape index (κ1) is 13.6. The molecule has 0 unspecified atom stereocenters. The summed E-state index contributed by atoms with van der Waals surface area (Å²) in [6, 6.07) is 2.53. The third-order valence-electron chi connectivity index (χ3n) is 2.19. The van der Waals surface area contributed by atoms with Gasteiger partial charge in [-0.3, -0.25) is 4.79 Å². The first-order chi connectivity index (χ1) is 7.77. The van der Waals surface area contributed by atoms with Gasteiger partial charge in [-0.05, 0) is 13.0 Å². The lowest BCUT2D eigenvalue weighted by Gasteiger charge is -2.10. The first-order valence-corrected chi connectivity index (χ1v) is 6.71. The molecular formula is C11H13FO4S. The third-order valence-corrected chi connectivity index (χ3v) is 3.30. The van der Waals surface area contributed by atoms with Crippen LogP contribution in [0.25, 0.3) is 0 Å². The highest BCUT2D eigenvalue weighted by molar-refractivity contribution is 7.90. The van der Waals surface area contributed by atoms with E-state index in [-0.39, 0.29) is 18.0 Å². The predicted octanol–water partition coefficient (Wildman–Crippen LogP) is 1.37. The predicted molar refractivity (Wildman–Crippen MR) is 60.4 cm³/mol. The number of rotatable bonds is 4. The number of ether oxygens (including phenoxy) is 1. The van der Waals surface area contributed by atoms with Crippen LogP contribution >= 0.6 is 0 Å². The quantitative estimate of drug-likeness (QED) is 0.820. The van der Waals surface area contributed by atoms with E-state index in [9.17, 15) is 17.6 Å². The Morgan fingerprint density at radius 1 is 1.41 bits per heavy atom. The fourth-order valence-corrected chi connectivity index (χ4v) is 2.23. The summed E-state index contributed by atoms with van der Waals surface area (Å²) in [5.74, 6) is -1.30. The van der Waals surface area contributed by atoms with Crippen molar-refractivity contribution in [2.45, 2.75) is 18.2 Å². The van der Waals surface area contributed by atoms with Gasteiger partial charge in [0.25, 0.3) is 0 Å². The Bertz CT molecular complexity index is 549. The Labute approximate surface area is 99.3 Å². The zero-order valence-electron chi connectivity index (χ0n) is 9.78. The number of carbonyl (C=O) groups is 1. The number of benzene rings is 1. The SMILES string of the molecule is COc1c(CC(C)=O)ccc(S(C)(=O)=O)c1F. The van der Waals surface area contributed by atoms with Gasteiger partial charge < -0.3 is 4.74 Å². The van der Waals surface area contributed by atoms with Crippen molar-refractivity contribution >= 4 is 15.6 Å². The summed E-state index contributed by atoms with van der Waals surface area (Å²) in [5.41, 5.74) is 0.338. The van der Waals surface area contributed by atoms with Gasteiger partial charge in [-0.15, -0.1) is 0 Å². The number of hydrogen-bond acceptors (Lipinski definition) is 4. The molecule has 0 spiro atoms. The van der Waals surface area contributed by atoms with Crippen LogP contribution in [-0.4, -0.2) is 27.6 Å². The van der Waals surface area contributed by atoms with E-state index < -0.39 is 20.5 Å². The molecule has 1 rings (SSSR count). The van der Waals surface area contributed by atoms with Crippen LogP contribution in [0.15, 0.2) is 17.0 Å². The van der Waals surface area contributed by atoms with Crippen molar-refractivity contribution in [3.63, 3.8) is 0 Å². The zero-order valence-corrected chi connectivity index (χ0v) is 10.6. The summed E-state index contributed by atoms with van der Waals surface area (Å²) in [7, 11) is -2.42. The molecule has 0 radical (unpaired) electrons. The maximum Gasteiger partial charge on any atom is 0.183 e. The average molecular weight is 260 g/mol. The number of hydrogen-bond donors (Lipinski definition) is 0. The van der Waals surface area contributed by atoms with E-state index in [1.165, 1.54) is 20.1 Å². The maximum absolute atomic E-state index is 13.9. The molecule has 0 amide bonds. The van der Waals surface area contributed by atoms with E-state index in [0.29, 0.717) is 5.56 Å². The van der Waals surface area contributed by atoms with Gasteiger partial charge in [-0.1, -0.05) is 6.07 Å². The van der Waals surface area contributed by atoms with Gasteiger partial charge >= 0.3 is 0 Å². The van der Waals surface area contributed by atoms with Gasteiger partial charge in [0.2, 0.25) is 0 Å². The highest BCUT2D eigenvalue weighted by atomic mass is 32.2. The van der Waals surface area contributed by atoms with E-state index in [4.69, 9.17) is 4.74 Å². The second kappa shape index (κ2) is 4.83. The third kappa shape index (κ3) is 3.03. The summed E-state index contributed by atoms with van der Waals surface area (Å²) in [5, 5.41) is 0. The first-order valence-electron chi connectivity index (χ1n) is 4.82. The molecule has 0 aliphatic rings. The van der Waals surface area contributed by atoms with E-state index in [0.717, 1.165) is 12.3 Å². The molecule has 17 heavy (non-hydrogen) atoms. The Morgan fingerprint density at radius 2 is 2.00 bits per heavy atom. The van der Waals surface area contributed by atoms with Gasteiger partial charge in [-0.2, -0.15) is 0 Å². The number of Topliss-reactive ketones (excluding diaryl/α,β-unsaturated/α-hetero) is 1. The molecule has 1 aromatic rings. The van der Waals surface area contributed by atoms with Crippen molar-refractivity contribution < 1.29 is 22.3 Å². The molecule has 0 saturated heterocycles. The van der Waals surface area contributed by atoms with E-state index in [1.54, 1.807) is 0 Å². The summed E-state index contributed by atoms with van der Waals surface area (Å²) in [6.45, 7) is 1.36. The number of carbonyl (C=O) groups excluding carboxylic acids is 1. The lowest BCUT2D eigenvalue weighted by atomic mass is 10.1. The minimum atomic E-state index is -3.65. The van der Waals surface area contributed by atoms with Crippen LogP contribution in [0.2, 0.25) is 0 Å². The second-order valence-corrected chi connectivity index (χ2v) is 5.71. The Balaban J connectivity index is 3.42. The molecule has 0 fully saturated rings. The number of ketones is 1. The summed E-state index contributed by atoms with van der Waals surface area (Å²) in [4.78, 5) is 10.5. The molecule has 1 aromatic carbocycles. The summed E-state index contributed by atoms with van der Waals surface area (Å²) >= 11 is 0. The van der Waals surface area contributed by atoms with E-state index in [1.807, 2.05) is 0 Å². The van der Waals surface area contributed by atoms with E-state index >= 15 is 0 Å². The fraction of sp³-hybridized carbons (Fsp3) is 0.364. The molecule has 6 heteroatoms. The number of sulfone groups is 1. The Morgan fingerprint density at radius 3 is 2.41 bits per heavy atom. The maximum atomic E-state index is 13.9. The largest absolute Gasteiger partial charge is 0.493 e. The standard InChI is InChI=1S/C11H13FO4S/c1-7(13)6-8-4-5-9(17(3,14)15)10(12)11(8)16-2/h4-5H,6H2,1-3H3. The van der Waals surface area contributed by atoms with Crippen LogP contribution < -0.4 is 4.74 Å². The Kier molecular flexibility index (Phi) is 3.87. The van der Waals surface area contributed by atoms with Gasteiger partial charge in [-0.25, -0.2) is 12.8 Å². The minimum Gasteiger partial charge on any atom is -0.493 e. The molecule has 0 aliphatic carbocycles. The molecule has 94 valence electrons. The average Bonchev–Trinajstić information content (AvgIpc) is 2.15. The van der Waals surface area contributed by atoms with Crippen LogP contribution in [0.3, 0.4) is 0 Å². The summed E-state index contributed by atoms with van der Waals surface area (Å²) < 4.78 is 41.3. The molecule has 0 atom stereocenters. The molecule has 0 saturated carbocycles. The van der Waals surface area contributed by atoms with Crippen molar-refractivity contribution in [2.24, 2.45) is 0 Å². The smallest absolute Gasteiger partial charge is 0.183 e. The highest BCUT2D eigenvalue weighted by Gasteiger charge is 2.20. The fourth-order valence-electron chi connectivity index (χ4n) is 1.49. The molecule has 0 heterocycles. The molecule has 4 nitrogen and oxygen atoms in total. The van der Waals surface area contributed by atoms with Gasteiger partial charge in [0, 0.05) is 18.2 Å². The van der Waals surface area contributed by atoms with Crippen molar-refractivity contribution in [1.29, 1.82) is 0 Å². The van der Waals surface area contributed by atoms with Crippen molar-refractivity contribution in [3.8, 4) is 5.75 Å². The normalized spacial score (nSPS) is 11.3. The van der Waals surface area contributed by atoms with Crippen LogP contribution in [-0.2, 0) is 21.1 Å². The van der Waals surface area contributed by atoms with Crippen molar-refractivity contribution in [1.82, 2.24) is 0 Å². The number of methoxy groups -OCH3 is 1. The van der Waals surface area contributed by atoms with Crippen LogP contribution in [0.5, 0.6) is 5.75 Å². The van der Waals surface area contributed by atoms with Gasteiger partial charge in [0.05, 0.1) is 7.11 Å². The van der Waals surface area contributed by atoms with Gasteiger partial charge in [0.1, 0.15) is 10.7 Å². The van der Waals surface area contributed by atoms with Crippen molar-refractivity contribution in [3.05, 3.63) is 23.5 Å². The van der Waals surface area contributed by atoms with Crippen LogP contribution in [0.4, 0.5) is 4.39 Å². The van der Waals surface area contributed by atoms with E-state index in [2.05, 4.69) is 0 Å². The topological polar surface area (TPSA) is 60.4 Å². The highest BCUT2D eigenvalue weighted by Crippen LogP contribution is 2.28. The van der Waals surface area contributed by atoms with Crippen LogP contribution in [0.1, 0.15) is 12.5 Å². The molecule has 0 aromatic heterocycles. The van der Waals surface area contributed by atoms with Gasteiger partial charge in [0.15, 0.2) is 21.4 Å². The zero-order chi connectivity index (χ0) is 13.2. The minimum absolute atomic E-state index is 0.00410. The monoisotopic (exact) mass is 260 g/mol. The Hall–Kier alpha value is -1.43. The molecule has 0 aliphatic heterocycles. The van der Waals surface area contributed by atoms with Crippen LogP contribution in [0, 0.1) is 5.82 Å². The molecular weight excluding hydrogens is 247 g/mol. The molecule has 0 bridgehead atoms. The summed E-state index contributed by atoms with van der Waals surface area (Å²) in [6.07, 6.45) is 0.916. The second-order valence-electron chi connectivity index (χ2n) is 3.72. The number of halogens is 1. The lowest BCUT2D eigenvalue weighted by molar-refractivity contribution is -0.116. The van der Waals surface area contributed by atoms with Crippen molar-refractivity contribution in [2.75, 3.05) is 13.4 Å².